The van der Waals surface area contributed by atoms with Crippen LogP contribution >= 0.6 is 0 Å². The predicted octanol–water partition coefficient (Wildman–Crippen LogP) is 3.69. The molecule has 2 atom stereocenters. The second-order valence-corrected chi connectivity index (χ2v) is 5.33. The first kappa shape index (κ1) is 14.0. The van der Waals surface area contributed by atoms with Crippen LogP contribution in [0.4, 0.5) is 0 Å². The third-order valence-corrected chi connectivity index (χ3v) is 3.34. The second kappa shape index (κ2) is 7.28. The molecule has 1 N–H and O–H groups in total. The molecule has 2 unspecified atom stereocenters. The summed E-state index contributed by atoms with van der Waals surface area (Å²) in [5, 5.41) is 3.47. The van der Waals surface area contributed by atoms with E-state index in [1.807, 2.05) is 0 Å². The Balaban J connectivity index is 3.48. The average molecular weight is 199 g/mol. The standard InChI is InChI=1S/C13H29N/c1-10(2)13(6)12(5)8-7-9-14-11(3)4/h10-14H,7-9H2,1-6H3. The van der Waals surface area contributed by atoms with Gasteiger partial charge in [-0.25, -0.2) is 0 Å². The van der Waals surface area contributed by atoms with Crippen LogP contribution in [-0.4, -0.2) is 12.6 Å². The van der Waals surface area contributed by atoms with Crippen LogP contribution in [0.5, 0.6) is 0 Å². The van der Waals surface area contributed by atoms with Gasteiger partial charge in [0.05, 0.1) is 0 Å². The van der Waals surface area contributed by atoms with Gasteiger partial charge in [-0.15, -0.1) is 0 Å². The van der Waals surface area contributed by atoms with Gasteiger partial charge in [0, 0.05) is 6.04 Å². The first-order chi connectivity index (χ1) is 6.45. The van der Waals surface area contributed by atoms with E-state index in [2.05, 4.69) is 46.9 Å². The van der Waals surface area contributed by atoms with Crippen molar-refractivity contribution in [1.82, 2.24) is 5.32 Å². The molecule has 0 spiro atoms. The smallest absolute Gasteiger partial charge is 0.00103 e. The largest absolute Gasteiger partial charge is 0.315 e. The Morgan fingerprint density at radius 3 is 1.93 bits per heavy atom. The summed E-state index contributed by atoms with van der Waals surface area (Å²) in [7, 11) is 0. The maximum Gasteiger partial charge on any atom is 0.00103 e. The summed E-state index contributed by atoms with van der Waals surface area (Å²) in [4.78, 5) is 0. The second-order valence-electron chi connectivity index (χ2n) is 5.33. The molecule has 0 aromatic rings. The Bertz CT molecular complexity index is 129. The minimum Gasteiger partial charge on any atom is -0.315 e. The molecule has 0 saturated heterocycles. The van der Waals surface area contributed by atoms with Gasteiger partial charge in [-0.1, -0.05) is 41.5 Å². The molecule has 1 nitrogen and oxygen atoms in total. The van der Waals surface area contributed by atoms with Crippen molar-refractivity contribution in [3.8, 4) is 0 Å². The minimum absolute atomic E-state index is 0.632. The zero-order chi connectivity index (χ0) is 11.1. The predicted molar refractivity (Wildman–Crippen MR) is 65.5 cm³/mol. The van der Waals surface area contributed by atoms with Gasteiger partial charge in [0.25, 0.3) is 0 Å². The topological polar surface area (TPSA) is 12.0 Å². The van der Waals surface area contributed by atoms with E-state index in [1.54, 1.807) is 0 Å². The van der Waals surface area contributed by atoms with Gasteiger partial charge in [0.2, 0.25) is 0 Å². The summed E-state index contributed by atoms with van der Waals surface area (Å²) in [6.45, 7) is 15.0. The van der Waals surface area contributed by atoms with E-state index in [4.69, 9.17) is 0 Å². The van der Waals surface area contributed by atoms with Crippen molar-refractivity contribution in [2.24, 2.45) is 17.8 Å². The Morgan fingerprint density at radius 1 is 0.929 bits per heavy atom. The molecule has 0 aromatic carbocycles. The molecule has 0 radical (unpaired) electrons. The van der Waals surface area contributed by atoms with E-state index in [-0.39, 0.29) is 0 Å². The van der Waals surface area contributed by atoms with Crippen LogP contribution in [0, 0.1) is 17.8 Å². The molecule has 0 aliphatic rings. The van der Waals surface area contributed by atoms with Gasteiger partial charge >= 0.3 is 0 Å². The van der Waals surface area contributed by atoms with Crippen molar-refractivity contribution in [3.63, 3.8) is 0 Å². The maximum atomic E-state index is 3.47. The maximum absolute atomic E-state index is 3.47. The Kier molecular flexibility index (Phi) is 7.26. The summed E-state index contributed by atoms with van der Waals surface area (Å²) < 4.78 is 0. The minimum atomic E-state index is 0.632. The fourth-order valence-electron chi connectivity index (χ4n) is 1.73. The Morgan fingerprint density at radius 2 is 1.50 bits per heavy atom. The van der Waals surface area contributed by atoms with E-state index < -0.39 is 0 Å². The average Bonchev–Trinajstić information content (AvgIpc) is 2.10. The van der Waals surface area contributed by atoms with E-state index in [9.17, 15) is 0 Å². The lowest BCUT2D eigenvalue weighted by Gasteiger charge is -2.23. The molecule has 14 heavy (non-hydrogen) atoms. The fraction of sp³-hybridized carbons (Fsp3) is 1.00. The Hall–Kier alpha value is -0.0400. The van der Waals surface area contributed by atoms with E-state index in [1.165, 1.54) is 19.4 Å². The van der Waals surface area contributed by atoms with Crippen LogP contribution < -0.4 is 5.32 Å². The molecule has 0 aliphatic carbocycles. The lowest BCUT2D eigenvalue weighted by Crippen LogP contribution is -2.24. The highest BCUT2D eigenvalue weighted by molar-refractivity contribution is 4.66. The fourth-order valence-corrected chi connectivity index (χ4v) is 1.73. The first-order valence-corrected chi connectivity index (χ1v) is 6.18. The van der Waals surface area contributed by atoms with Crippen molar-refractivity contribution < 1.29 is 0 Å². The number of nitrogens with one attached hydrogen (secondary N) is 1. The highest BCUT2D eigenvalue weighted by Crippen LogP contribution is 2.23. The van der Waals surface area contributed by atoms with E-state index in [0.29, 0.717) is 6.04 Å². The molecule has 0 amide bonds. The monoisotopic (exact) mass is 199 g/mol. The molecule has 0 fully saturated rings. The van der Waals surface area contributed by atoms with Crippen LogP contribution in [0.15, 0.2) is 0 Å². The van der Waals surface area contributed by atoms with Crippen LogP contribution in [-0.2, 0) is 0 Å². The lowest BCUT2D eigenvalue weighted by atomic mass is 9.83. The van der Waals surface area contributed by atoms with Gasteiger partial charge in [-0.05, 0) is 37.1 Å². The molecular formula is C13H29N. The molecule has 0 aliphatic heterocycles. The van der Waals surface area contributed by atoms with E-state index >= 15 is 0 Å². The zero-order valence-electron chi connectivity index (χ0n) is 10.9. The number of rotatable bonds is 7. The first-order valence-electron chi connectivity index (χ1n) is 6.18. The molecule has 86 valence electrons. The van der Waals surface area contributed by atoms with Crippen molar-refractivity contribution in [2.75, 3.05) is 6.54 Å². The van der Waals surface area contributed by atoms with Crippen LogP contribution in [0.2, 0.25) is 0 Å². The Labute approximate surface area is 90.7 Å². The van der Waals surface area contributed by atoms with Crippen LogP contribution in [0.1, 0.15) is 54.4 Å². The molecule has 1 heteroatoms. The van der Waals surface area contributed by atoms with E-state index in [0.717, 1.165) is 17.8 Å². The third-order valence-electron chi connectivity index (χ3n) is 3.34. The van der Waals surface area contributed by atoms with Gasteiger partial charge in [-0.2, -0.15) is 0 Å². The van der Waals surface area contributed by atoms with Crippen LogP contribution in [0.3, 0.4) is 0 Å². The normalized spacial score (nSPS) is 16.3. The van der Waals surface area contributed by atoms with Crippen molar-refractivity contribution >= 4 is 0 Å². The van der Waals surface area contributed by atoms with Crippen molar-refractivity contribution in [2.45, 2.75) is 60.4 Å². The highest BCUT2D eigenvalue weighted by Gasteiger charge is 2.14. The van der Waals surface area contributed by atoms with Gasteiger partial charge < -0.3 is 5.32 Å². The summed E-state index contributed by atoms with van der Waals surface area (Å²) in [5.41, 5.74) is 0. The van der Waals surface area contributed by atoms with Gasteiger partial charge in [0.15, 0.2) is 0 Å². The quantitative estimate of drug-likeness (QED) is 0.617. The highest BCUT2D eigenvalue weighted by atomic mass is 14.9. The molecule has 0 bridgehead atoms. The third kappa shape index (κ3) is 6.42. The molecule has 0 aromatic heterocycles. The van der Waals surface area contributed by atoms with Crippen molar-refractivity contribution in [3.05, 3.63) is 0 Å². The van der Waals surface area contributed by atoms with Crippen LogP contribution in [0.25, 0.3) is 0 Å². The SMILES string of the molecule is CC(C)NCCCC(C)C(C)C(C)C. The zero-order valence-corrected chi connectivity index (χ0v) is 10.9. The summed E-state index contributed by atoms with van der Waals surface area (Å²) in [6.07, 6.45) is 2.68. The number of hydrogen-bond donors (Lipinski definition) is 1. The number of hydrogen-bond acceptors (Lipinski definition) is 1. The summed E-state index contributed by atoms with van der Waals surface area (Å²) in [5.74, 6) is 2.54. The lowest BCUT2D eigenvalue weighted by molar-refractivity contribution is 0.276. The summed E-state index contributed by atoms with van der Waals surface area (Å²) >= 11 is 0. The molecular weight excluding hydrogens is 170 g/mol. The van der Waals surface area contributed by atoms with Crippen molar-refractivity contribution in [1.29, 1.82) is 0 Å². The van der Waals surface area contributed by atoms with Gasteiger partial charge in [0.1, 0.15) is 0 Å². The van der Waals surface area contributed by atoms with Gasteiger partial charge in [-0.3, -0.25) is 0 Å². The molecule has 0 heterocycles. The molecule has 0 rings (SSSR count). The molecule has 0 saturated carbocycles. The summed E-state index contributed by atoms with van der Waals surface area (Å²) in [6, 6.07) is 0.632.